The van der Waals surface area contributed by atoms with Gasteiger partial charge in [0.2, 0.25) is 0 Å². The van der Waals surface area contributed by atoms with Gasteiger partial charge >= 0.3 is 0 Å². The molecular weight excluding hydrogens is 691 g/mol. The van der Waals surface area contributed by atoms with Gasteiger partial charge in [-0.25, -0.2) is 9.97 Å². The SMILES string of the molecule is N#Cc1ccc2c(c1)-c1ccc(-c3ccc(-c4cccc(-c5cc(-c6ccccc6)nc(-c6ccccc6)n5)c4)cc3)cc1C2(c1ccccc1)c1ccccc1. The van der Waals surface area contributed by atoms with Crippen LogP contribution in [0.25, 0.3) is 67.3 Å². The largest absolute Gasteiger partial charge is 0.228 e. The van der Waals surface area contributed by atoms with Crippen LogP contribution in [0, 0.1) is 11.3 Å². The minimum atomic E-state index is -0.542. The molecule has 0 amide bonds. The highest BCUT2D eigenvalue weighted by Gasteiger charge is 2.46. The minimum absolute atomic E-state index is 0.542. The monoisotopic (exact) mass is 725 g/mol. The van der Waals surface area contributed by atoms with Gasteiger partial charge < -0.3 is 0 Å². The van der Waals surface area contributed by atoms with E-state index < -0.39 is 5.41 Å². The van der Waals surface area contributed by atoms with Crippen molar-refractivity contribution in [3.63, 3.8) is 0 Å². The maximum absolute atomic E-state index is 9.90. The fraction of sp³-hybridized carbons (Fsp3) is 0.0185. The van der Waals surface area contributed by atoms with Crippen LogP contribution < -0.4 is 0 Å². The molecule has 57 heavy (non-hydrogen) atoms. The molecule has 1 aliphatic carbocycles. The zero-order valence-electron chi connectivity index (χ0n) is 31.0. The fourth-order valence-corrected chi connectivity index (χ4v) is 8.52. The smallest absolute Gasteiger partial charge is 0.160 e. The van der Waals surface area contributed by atoms with E-state index in [1.54, 1.807) is 0 Å². The molecule has 266 valence electrons. The minimum Gasteiger partial charge on any atom is -0.228 e. The Kier molecular flexibility index (Phi) is 8.43. The van der Waals surface area contributed by atoms with E-state index in [1.165, 1.54) is 22.3 Å². The zero-order valence-corrected chi connectivity index (χ0v) is 31.0. The van der Waals surface area contributed by atoms with Crippen molar-refractivity contribution >= 4 is 0 Å². The summed E-state index contributed by atoms with van der Waals surface area (Å²) in [5, 5.41) is 9.90. The Morgan fingerprint density at radius 2 is 0.860 bits per heavy atom. The van der Waals surface area contributed by atoms with E-state index in [1.807, 2.05) is 42.5 Å². The van der Waals surface area contributed by atoms with E-state index >= 15 is 0 Å². The van der Waals surface area contributed by atoms with Gasteiger partial charge in [0, 0.05) is 16.7 Å². The molecule has 9 aromatic rings. The Hall–Kier alpha value is -7.67. The van der Waals surface area contributed by atoms with Gasteiger partial charge in [-0.2, -0.15) is 5.26 Å². The summed E-state index contributed by atoms with van der Waals surface area (Å²) in [6, 6.07) is 76.9. The maximum atomic E-state index is 9.90. The molecule has 3 heteroatoms. The summed E-state index contributed by atoms with van der Waals surface area (Å²) in [5.41, 5.74) is 16.5. The van der Waals surface area contributed by atoms with Crippen LogP contribution in [-0.2, 0) is 5.41 Å². The molecule has 0 saturated carbocycles. The number of hydrogen-bond acceptors (Lipinski definition) is 3. The van der Waals surface area contributed by atoms with Crippen LogP contribution in [-0.4, -0.2) is 9.97 Å². The summed E-state index contributed by atoms with van der Waals surface area (Å²) in [6.45, 7) is 0. The first-order valence-electron chi connectivity index (χ1n) is 19.2. The van der Waals surface area contributed by atoms with Crippen molar-refractivity contribution in [1.29, 1.82) is 5.26 Å². The van der Waals surface area contributed by atoms with Crippen molar-refractivity contribution in [2.45, 2.75) is 5.41 Å². The van der Waals surface area contributed by atoms with Crippen molar-refractivity contribution in [3.05, 3.63) is 240 Å². The molecule has 0 saturated heterocycles. The quantitative estimate of drug-likeness (QED) is 0.164. The van der Waals surface area contributed by atoms with Crippen LogP contribution in [0.1, 0.15) is 27.8 Å². The highest BCUT2D eigenvalue weighted by Crippen LogP contribution is 2.57. The zero-order chi connectivity index (χ0) is 38.2. The summed E-state index contributed by atoms with van der Waals surface area (Å²) < 4.78 is 0. The van der Waals surface area contributed by atoms with E-state index in [4.69, 9.17) is 9.97 Å². The molecule has 1 aliphatic rings. The van der Waals surface area contributed by atoms with Crippen molar-refractivity contribution in [2.24, 2.45) is 0 Å². The fourth-order valence-electron chi connectivity index (χ4n) is 8.52. The molecule has 0 fully saturated rings. The predicted molar refractivity (Wildman–Crippen MR) is 231 cm³/mol. The third-order valence-electron chi connectivity index (χ3n) is 11.2. The molecule has 1 heterocycles. The maximum Gasteiger partial charge on any atom is 0.160 e. The van der Waals surface area contributed by atoms with Gasteiger partial charge in [-0.1, -0.05) is 182 Å². The molecule has 3 nitrogen and oxygen atoms in total. The molecule has 0 radical (unpaired) electrons. The lowest BCUT2D eigenvalue weighted by Gasteiger charge is -2.34. The van der Waals surface area contributed by atoms with Crippen LogP contribution in [0.3, 0.4) is 0 Å². The summed E-state index contributed by atoms with van der Waals surface area (Å²) in [7, 11) is 0. The topological polar surface area (TPSA) is 49.6 Å². The molecule has 0 atom stereocenters. The molecular formula is C54H35N3. The van der Waals surface area contributed by atoms with Gasteiger partial charge in [0.05, 0.1) is 28.4 Å². The Labute approximate surface area is 332 Å². The third kappa shape index (κ3) is 5.92. The number of nitriles is 1. The van der Waals surface area contributed by atoms with Crippen LogP contribution in [0.4, 0.5) is 0 Å². The molecule has 0 bridgehead atoms. The average molecular weight is 726 g/mol. The number of hydrogen-bond donors (Lipinski definition) is 0. The lowest BCUT2D eigenvalue weighted by atomic mass is 9.67. The summed E-state index contributed by atoms with van der Waals surface area (Å²) in [6.07, 6.45) is 0. The summed E-state index contributed by atoms with van der Waals surface area (Å²) in [5.74, 6) is 0.702. The second-order valence-electron chi connectivity index (χ2n) is 14.5. The first kappa shape index (κ1) is 33.9. The second-order valence-corrected chi connectivity index (χ2v) is 14.5. The summed E-state index contributed by atoms with van der Waals surface area (Å²) in [4.78, 5) is 10.0. The Balaban J connectivity index is 1.05. The number of fused-ring (bicyclic) bond motifs is 3. The van der Waals surface area contributed by atoms with Gasteiger partial charge in [0.25, 0.3) is 0 Å². The molecule has 8 aromatic carbocycles. The predicted octanol–water partition coefficient (Wildman–Crippen LogP) is 13.0. The third-order valence-corrected chi connectivity index (χ3v) is 11.2. The number of benzene rings is 8. The lowest BCUT2D eigenvalue weighted by Crippen LogP contribution is -2.28. The lowest BCUT2D eigenvalue weighted by molar-refractivity contribution is 0.768. The first-order chi connectivity index (χ1) is 28.2. The molecule has 0 N–H and O–H groups in total. The van der Waals surface area contributed by atoms with Crippen molar-refractivity contribution in [3.8, 4) is 73.4 Å². The Bertz CT molecular complexity index is 2830. The Morgan fingerprint density at radius 3 is 1.47 bits per heavy atom. The van der Waals surface area contributed by atoms with Crippen molar-refractivity contribution < 1.29 is 0 Å². The van der Waals surface area contributed by atoms with Gasteiger partial charge in [-0.3, -0.25) is 0 Å². The number of aromatic nitrogens is 2. The average Bonchev–Trinajstić information content (AvgIpc) is 3.59. The van der Waals surface area contributed by atoms with Crippen LogP contribution in [0.5, 0.6) is 0 Å². The molecule has 10 rings (SSSR count). The van der Waals surface area contributed by atoms with Crippen LogP contribution in [0.2, 0.25) is 0 Å². The summed E-state index contributed by atoms with van der Waals surface area (Å²) >= 11 is 0. The highest BCUT2D eigenvalue weighted by atomic mass is 14.9. The number of nitrogens with zero attached hydrogens (tertiary/aromatic N) is 3. The standard InChI is InChI=1S/C54H35N3/c55-36-37-24-31-49-48(32-37)47-30-29-43(34-50(47)54(49,45-20-9-3-10-21-45)46-22-11-4-12-23-46)39-27-25-38(26-28-39)42-18-13-19-44(33-42)52-35-51(40-14-5-1-6-15-40)56-53(57-52)41-16-7-2-8-17-41/h1-35H. The highest BCUT2D eigenvalue weighted by molar-refractivity contribution is 5.89. The molecule has 0 unspecified atom stereocenters. The normalized spacial score (nSPS) is 12.3. The van der Waals surface area contributed by atoms with Crippen LogP contribution in [0.15, 0.2) is 212 Å². The van der Waals surface area contributed by atoms with E-state index in [9.17, 15) is 5.26 Å². The van der Waals surface area contributed by atoms with Gasteiger partial charge in [0.1, 0.15) is 0 Å². The van der Waals surface area contributed by atoms with E-state index in [0.29, 0.717) is 11.4 Å². The second kappa shape index (κ2) is 14.2. The van der Waals surface area contributed by atoms with Crippen molar-refractivity contribution in [1.82, 2.24) is 9.97 Å². The number of rotatable bonds is 7. The molecule has 1 aromatic heterocycles. The van der Waals surface area contributed by atoms with Gasteiger partial charge in [0.15, 0.2) is 5.82 Å². The molecule has 0 spiro atoms. The first-order valence-corrected chi connectivity index (χ1v) is 19.2. The molecule has 0 aliphatic heterocycles. The van der Waals surface area contributed by atoms with Crippen molar-refractivity contribution in [2.75, 3.05) is 0 Å². The Morgan fingerprint density at radius 1 is 0.351 bits per heavy atom. The van der Waals surface area contributed by atoms with Crippen LogP contribution >= 0.6 is 0 Å². The van der Waals surface area contributed by atoms with Gasteiger partial charge in [-0.15, -0.1) is 0 Å². The van der Waals surface area contributed by atoms with E-state index in [2.05, 4.69) is 176 Å². The van der Waals surface area contributed by atoms with E-state index in [-0.39, 0.29) is 0 Å². The van der Waals surface area contributed by atoms with E-state index in [0.717, 1.165) is 61.5 Å². The van der Waals surface area contributed by atoms with Gasteiger partial charge in [-0.05, 0) is 86.0 Å².